The Morgan fingerprint density at radius 1 is 1.36 bits per heavy atom. The molecule has 0 nitrogen and oxygen atoms in total. The molecule has 0 rings (SSSR count). The SMILES string of the molecule is C=C/C=C/C(C)(C)C/C=C/C. The van der Waals surface area contributed by atoms with Gasteiger partial charge in [-0.05, 0) is 18.8 Å². The van der Waals surface area contributed by atoms with Gasteiger partial charge in [0, 0.05) is 0 Å². The van der Waals surface area contributed by atoms with Gasteiger partial charge in [0.05, 0.1) is 0 Å². The third-order valence-electron chi connectivity index (χ3n) is 1.56. The van der Waals surface area contributed by atoms with Crippen molar-refractivity contribution in [2.45, 2.75) is 27.2 Å². The van der Waals surface area contributed by atoms with Crippen molar-refractivity contribution in [3.63, 3.8) is 0 Å². The van der Waals surface area contributed by atoms with Crippen LogP contribution < -0.4 is 0 Å². The average Bonchev–Trinajstić information content (AvgIpc) is 1.97. The minimum absolute atomic E-state index is 0.265. The quantitative estimate of drug-likeness (QED) is 0.423. The Hall–Kier alpha value is -0.780. The minimum Gasteiger partial charge on any atom is -0.0991 e. The highest BCUT2D eigenvalue weighted by molar-refractivity contribution is 5.05. The molecule has 0 heteroatoms. The smallest absolute Gasteiger partial charge is 0.0137 e. The van der Waals surface area contributed by atoms with Gasteiger partial charge in [-0.25, -0.2) is 0 Å². The predicted octanol–water partition coefficient (Wildman–Crippen LogP) is 3.72. The molecule has 0 amide bonds. The van der Waals surface area contributed by atoms with Gasteiger partial charge in [-0.1, -0.05) is 50.8 Å². The normalized spacial score (nSPS) is 13.0. The maximum absolute atomic E-state index is 3.64. The second-order valence-corrected chi connectivity index (χ2v) is 3.36. The van der Waals surface area contributed by atoms with Crippen LogP contribution >= 0.6 is 0 Å². The first-order valence-corrected chi connectivity index (χ1v) is 4.04. The lowest BCUT2D eigenvalue weighted by Gasteiger charge is -2.16. The largest absolute Gasteiger partial charge is 0.0991 e. The highest BCUT2D eigenvalue weighted by atomic mass is 14.1. The molecular weight excluding hydrogens is 132 g/mol. The van der Waals surface area contributed by atoms with E-state index in [0.29, 0.717) is 0 Å². The van der Waals surface area contributed by atoms with Crippen LogP contribution in [0.4, 0.5) is 0 Å². The second kappa shape index (κ2) is 4.95. The molecule has 0 aromatic carbocycles. The van der Waals surface area contributed by atoms with E-state index in [-0.39, 0.29) is 5.41 Å². The van der Waals surface area contributed by atoms with Crippen LogP contribution in [-0.2, 0) is 0 Å². The molecule has 0 atom stereocenters. The lowest BCUT2D eigenvalue weighted by Crippen LogP contribution is -2.04. The summed E-state index contributed by atoms with van der Waals surface area (Å²) in [7, 11) is 0. The first-order valence-electron chi connectivity index (χ1n) is 4.04. The molecule has 0 aliphatic heterocycles. The van der Waals surface area contributed by atoms with Gasteiger partial charge in [-0.15, -0.1) is 0 Å². The van der Waals surface area contributed by atoms with Crippen molar-refractivity contribution in [1.29, 1.82) is 0 Å². The molecule has 0 bridgehead atoms. The predicted molar refractivity (Wildman–Crippen MR) is 52.5 cm³/mol. The van der Waals surface area contributed by atoms with Crippen molar-refractivity contribution in [2.75, 3.05) is 0 Å². The number of rotatable bonds is 4. The maximum Gasteiger partial charge on any atom is -0.0137 e. The molecule has 0 saturated heterocycles. The third-order valence-corrected chi connectivity index (χ3v) is 1.56. The number of hydrogen-bond donors (Lipinski definition) is 0. The number of allylic oxidation sites excluding steroid dienone is 5. The zero-order valence-corrected chi connectivity index (χ0v) is 7.80. The third kappa shape index (κ3) is 5.65. The van der Waals surface area contributed by atoms with Gasteiger partial charge in [0.15, 0.2) is 0 Å². The van der Waals surface area contributed by atoms with Crippen LogP contribution in [-0.4, -0.2) is 0 Å². The van der Waals surface area contributed by atoms with Crippen LogP contribution in [0.15, 0.2) is 37.0 Å². The summed E-state index contributed by atoms with van der Waals surface area (Å²) < 4.78 is 0. The summed E-state index contributed by atoms with van der Waals surface area (Å²) in [6, 6.07) is 0. The standard InChI is InChI=1S/C11H18/c1-5-7-9-11(3,4)10-8-6-2/h5-9H,1,10H2,2-4H3/b8-6+,9-7+. The zero-order chi connectivity index (χ0) is 8.74. The van der Waals surface area contributed by atoms with E-state index in [1.165, 1.54) is 0 Å². The molecule has 0 aromatic rings. The minimum atomic E-state index is 0.265. The van der Waals surface area contributed by atoms with E-state index >= 15 is 0 Å². The molecule has 11 heavy (non-hydrogen) atoms. The summed E-state index contributed by atoms with van der Waals surface area (Å²) in [4.78, 5) is 0. The van der Waals surface area contributed by atoms with Crippen molar-refractivity contribution in [3.8, 4) is 0 Å². The van der Waals surface area contributed by atoms with Crippen LogP contribution in [0.25, 0.3) is 0 Å². The summed E-state index contributed by atoms with van der Waals surface area (Å²) in [5.74, 6) is 0. The van der Waals surface area contributed by atoms with Gasteiger partial charge in [0.25, 0.3) is 0 Å². The van der Waals surface area contributed by atoms with Gasteiger partial charge in [0.2, 0.25) is 0 Å². The molecular formula is C11H18. The monoisotopic (exact) mass is 150 g/mol. The van der Waals surface area contributed by atoms with Gasteiger partial charge in [-0.2, -0.15) is 0 Å². The van der Waals surface area contributed by atoms with Crippen LogP contribution in [0.1, 0.15) is 27.2 Å². The molecule has 0 saturated carbocycles. The fourth-order valence-corrected chi connectivity index (χ4v) is 0.818. The first kappa shape index (κ1) is 10.2. The fraction of sp³-hybridized carbons (Fsp3) is 0.455. The Morgan fingerprint density at radius 3 is 2.45 bits per heavy atom. The van der Waals surface area contributed by atoms with E-state index in [0.717, 1.165) is 6.42 Å². The molecule has 0 unspecified atom stereocenters. The molecule has 0 spiro atoms. The van der Waals surface area contributed by atoms with E-state index in [9.17, 15) is 0 Å². The van der Waals surface area contributed by atoms with Crippen molar-refractivity contribution in [1.82, 2.24) is 0 Å². The van der Waals surface area contributed by atoms with E-state index in [1.54, 1.807) is 0 Å². The van der Waals surface area contributed by atoms with E-state index in [2.05, 4.69) is 38.7 Å². The summed E-state index contributed by atoms with van der Waals surface area (Å²) >= 11 is 0. The Balaban J connectivity index is 3.98. The topological polar surface area (TPSA) is 0 Å². The Kier molecular flexibility index (Phi) is 4.60. The molecule has 0 heterocycles. The van der Waals surface area contributed by atoms with Crippen molar-refractivity contribution >= 4 is 0 Å². The highest BCUT2D eigenvalue weighted by Gasteiger charge is 2.09. The van der Waals surface area contributed by atoms with Crippen LogP contribution in [0.2, 0.25) is 0 Å². The van der Waals surface area contributed by atoms with E-state index in [1.807, 2.05) is 19.1 Å². The highest BCUT2D eigenvalue weighted by Crippen LogP contribution is 2.22. The maximum atomic E-state index is 3.64. The molecule has 0 aromatic heterocycles. The summed E-state index contributed by atoms with van der Waals surface area (Å²) in [5.41, 5.74) is 0.265. The van der Waals surface area contributed by atoms with Crippen LogP contribution in [0.3, 0.4) is 0 Å². The van der Waals surface area contributed by atoms with Gasteiger partial charge >= 0.3 is 0 Å². The summed E-state index contributed by atoms with van der Waals surface area (Å²) in [6.07, 6.45) is 11.4. The Bertz CT molecular complexity index is 159. The van der Waals surface area contributed by atoms with E-state index in [4.69, 9.17) is 0 Å². The molecule has 0 aliphatic carbocycles. The summed E-state index contributed by atoms with van der Waals surface area (Å²) in [6.45, 7) is 10.1. The second-order valence-electron chi connectivity index (χ2n) is 3.36. The molecule has 0 radical (unpaired) electrons. The van der Waals surface area contributed by atoms with Crippen molar-refractivity contribution in [3.05, 3.63) is 37.0 Å². The number of hydrogen-bond acceptors (Lipinski definition) is 0. The van der Waals surface area contributed by atoms with Gasteiger partial charge in [-0.3, -0.25) is 0 Å². The lowest BCUT2D eigenvalue weighted by atomic mass is 9.89. The first-order chi connectivity index (χ1) is 5.12. The van der Waals surface area contributed by atoms with Crippen LogP contribution in [0.5, 0.6) is 0 Å². The molecule has 62 valence electrons. The fourth-order valence-electron chi connectivity index (χ4n) is 0.818. The molecule has 0 aliphatic rings. The van der Waals surface area contributed by atoms with Gasteiger partial charge in [0.1, 0.15) is 0 Å². The molecule has 0 N–H and O–H groups in total. The average molecular weight is 150 g/mol. The Labute approximate surface area is 70.3 Å². The van der Waals surface area contributed by atoms with Crippen molar-refractivity contribution < 1.29 is 0 Å². The lowest BCUT2D eigenvalue weighted by molar-refractivity contribution is 0.488. The Morgan fingerprint density at radius 2 is 2.00 bits per heavy atom. The zero-order valence-electron chi connectivity index (χ0n) is 7.80. The van der Waals surface area contributed by atoms with Gasteiger partial charge < -0.3 is 0 Å². The molecule has 0 fully saturated rings. The van der Waals surface area contributed by atoms with Crippen molar-refractivity contribution in [2.24, 2.45) is 5.41 Å². The van der Waals surface area contributed by atoms with Crippen LogP contribution in [0, 0.1) is 5.41 Å². The summed E-state index contributed by atoms with van der Waals surface area (Å²) in [5, 5.41) is 0. The van der Waals surface area contributed by atoms with E-state index < -0.39 is 0 Å².